The van der Waals surface area contributed by atoms with Crippen molar-refractivity contribution in [3.63, 3.8) is 0 Å². The molecule has 1 atom stereocenters. The summed E-state index contributed by atoms with van der Waals surface area (Å²) in [5.41, 5.74) is 6.44. The van der Waals surface area contributed by atoms with Gasteiger partial charge in [-0.1, -0.05) is 18.5 Å². The molecule has 1 aromatic carbocycles. The van der Waals surface area contributed by atoms with E-state index in [-0.39, 0.29) is 11.9 Å². The average molecular weight is 252 g/mol. The molecule has 0 radical (unpaired) electrons. The maximum Gasteiger partial charge on any atom is 0.251 e. The summed E-state index contributed by atoms with van der Waals surface area (Å²) < 4.78 is 0. The molecule has 90 valence electrons. The Morgan fingerprint density at radius 2 is 2.35 bits per heavy atom. The number of nitrogens with zero attached hydrogens (tertiary/aromatic N) is 1. The molecule has 1 rings (SSSR count). The van der Waals surface area contributed by atoms with Crippen LogP contribution in [-0.2, 0) is 0 Å². The Hall–Kier alpha value is -1.73. The fourth-order valence-electron chi connectivity index (χ4n) is 1.34. The molecule has 17 heavy (non-hydrogen) atoms. The van der Waals surface area contributed by atoms with Gasteiger partial charge in [-0.25, -0.2) is 0 Å². The lowest BCUT2D eigenvalue weighted by atomic mass is 10.1. The van der Waals surface area contributed by atoms with Crippen molar-refractivity contribution in [1.29, 1.82) is 5.26 Å². The number of rotatable bonds is 4. The number of halogens is 1. The Labute approximate surface area is 105 Å². The molecule has 0 aliphatic carbocycles. The van der Waals surface area contributed by atoms with Crippen molar-refractivity contribution in [2.45, 2.75) is 25.8 Å². The second kappa shape index (κ2) is 6.12. The van der Waals surface area contributed by atoms with E-state index in [0.717, 1.165) is 0 Å². The highest BCUT2D eigenvalue weighted by Crippen LogP contribution is 2.19. The van der Waals surface area contributed by atoms with Gasteiger partial charge in [0.2, 0.25) is 0 Å². The number of amides is 1. The van der Waals surface area contributed by atoms with Gasteiger partial charge in [0.05, 0.1) is 23.2 Å². The number of nitrogen functional groups attached to an aromatic ring is 1. The Morgan fingerprint density at radius 1 is 1.65 bits per heavy atom. The summed E-state index contributed by atoms with van der Waals surface area (Å²) in [6.45, 7) is 1.91. The third kappa shape index (κ3) is 3.65. The van der Waals surface area contributed by atoms with Gasteiger partial charge in [-0.2, -0.15) is 5.26 Å². The molecule has 0 aliphatic rings. The van der Waals surface area contributed by atoms with Gasteiger partial charge in [0.1, 0.15) is 0 Å². The molecule has 1 amide bonds. The van der Waals surface area contributed by atoms with E-state index in [1.54, 1.807) is 12.1 Å². The second-order valence-electron chi connectivity index (χ2n) is 3.68. The monoisotopic (exact) mass is 251 g/mol. The van der Waals surface area contributed by atoms with Crippen molar-refractivity contribution in [3.05, 3.63) is 28.8 Å². The summed E-state index contributed by atoms with van der Waals surface area (Å²) in [6.07, 6.45) is 1.01. The zero-order valence-electron chi connectivity index (χ0n) is 9.53. The largest absolute Gasteiger partial charge is 0.398 e. The summed E-state index contributed by atoms with van der Waals surface area (Å²) in [5.74, 6) is -0.242. The first kappa shape index (κ1) is 13.3. The fraction of sp³-hybridized carbons (Fsp3) is 0.333. The number of carbonyl (C=O) groups excluding carboxylic acids is 1. The van der Waals surface area contributed by atoms with Gasteiger partial charge < -0.3 is 11.1 Å². The molecule has 0 bridgehead atoms. The van der Waals surface area contributed by atoms with Gasteiger partial charge in [-0.05, 0) is 24.6 Å². The van der Waals surface area contributed by atoms with Crippen molar-refractivity contribution < 1.29 is 4.79 Å². The topological polar surface area (TPSA) is 78.9 Å². The quantitative estimate of drug-likeness (QED) is 0.806. The summed E-state index contributed by atoms with van der Waals surface area (Å²) in [4.78, 5) is 11.8. The van der Waals surface area contributed by atoms with Crippen molar-refractivity contribution in [3.8, 4) is 6.07 Å². The molecular weight excluding hydrogens is 238 g/mol. The van der Waals surface area contributed by atoms with Crippen LogP contribution in [0, 0.1) is 11.3 Å². The molecule has 0 aromatic heterocycles. The number of carbonyl (C=O) groups is 1. The molecule has 0 saturated carbocycles. The van der Waals surface area contributed by atoms with Gasteiger partial charge in [-0.15, -0.1) is 0 Å². The number of nitrogens with one attached hydrogen (secondary N) is 1. The highest BCUT2D eigenvalue weighted by molar-refractivity contribution is 6.33. The lowest BCUT2D eigenvalue weighted by molar-refractivity contribution is 0.0936. The van der Waals surface area contributed by atoms with Gasteiger partial charge in [0.25, 0.3) is 5.91 Å². The Kier molecular flexibility index (Phi) is 4.80. The minimum atomic E-state index is -0.242. The van der Waals surface area contributed by atoms with Crippen LogP contribution in [0.15, 0.2) is 18.2 Å². The molecule has 0 spiro atoms. The number of nitriles is 1. The molecular formula is C12H14ClN3O. The smallest absolute Gasteiger partial charge is 0.251 e. The number of benzene rings is 1. The zero-order valence-corrected chi connectivity index (χ0v) is 10.3. The van der Waals surface area contributed by atoms with Crippen LogP contribution >= 0.6 is 11.6 Å². The van der Waals surface area contributed by atoms with E-state index in [9.17, 15) is 4.79 Å². The van der Waals surface area contributed by atoms with Gasteiger partial charge >= 0.3 is 0 Å². The molecule has 1 unspecified atom stereocenters. The Morgan fingerprint density at radius 3 is 2.88 bits per heavy atom. The van der Waals surface area contributed by atoms with Crippen molar-refractivity contribution in [1.82, 2.24) is 5.32 Å². The standard InChI is InChI=1S/C12H14ClN3O/c1-2-9(5-6-14)16-12(17)8-3-4-11(15)10(13)7-8/h3-4,7,9H,2,5,15H2,1H3,(H,16,17). The summed E-state index contributed by atoms with van der Waals surface area (Å²) in [5, 5.41) is 11.7. The van der Waals surface area contributed by atoms with Gasteiger partial charge in [0.15, 0.2) is 0 Å². The van der Waals surface area contributed by atoms with Crippen LogP contribution in [0.1, 0.15) is 30.1 Å². The van der Waals surface area contributed by atoms with Gasteiger partial charge in [0, 0.05) is 11.6 Å². The minimum absolute atomic E-state index is 0.135. The number of hydrogen-bond donors (Lipinski definition) is 2. The predicted octanol–water partition coefficient (Wildman–Crippen LogP) is 2.34. The van der Waals surface area contributed by atoms with Crippen molar-refractivity contribution in [2.75, 3.05) is 5.73 Å². The third-order valence-electron chi connectivity index (χ3n) is 2.43. The van der Waals surface area contributed by atoms with E-state index in [0.29, 0.717) is 29.1 Å². The van der Waals surface area contributed by atoms with Crippen LogP contribution in [0.4, 0.5) is 5.69 Å². The summed E-state index contributed by atoms with van der Waals surface area (Å²) in [7, 11) is 0. The molecule has 0 aliphatic heterocycles. The van der Waals surface area contributed by atoms with E-state index in [1.165, 1.54) is 6.07 Å². The van der Waals surface area contributed by atoms with Crippen LogP contribution < -0.4 is 11.1 Å². The maximum atomic E-state index is 11.8. The molecule has 3 N–H and O–H groups in total. The predicted molar refractivity (Wildman–Crippen MR) is 67.6 cm³/mol. The lowest BCUT2D eigenvalue weighted by Crippen LogP contribution is -2.34. The van der Waals surface area contributed by atoms with Crippen LogP contribution in [0.5, 0.6) is 0 Å². The SMILES string of the molecule is CCC(CC#N)NC(=O)c1ccc(N)c(Cl)c1. The molecule has 0 saturated heterocycles. The number of anilines is 1. The summed E-state index contributed by atoms with van der Waals surface area (Å²) >= 11 is 5.83. The minimum Gasteiger partial charge on any atom is -0.398 e. The average Bonchev–Trinajstić information content (AvgIpc) is 2.31. The normalized spacial score (nSPS) is 11.6. The summed E-state index contributed by atoms with van der Waals surface area (Å²) in [6, 6.07) is 6.61. The van der Waals surface area contributed by atoms with Crippen LogP contribution in [0.2, 0.25) is 5.02 Å². The van der Waals surface area contributed by atoms with E-state index < -0.39 is 0 Å². The van der Waals surface area contributed by atoms with E-state index in [1.807, 2.05) is 13.0 Å². The fourth-order valence-corrected chi connectivity index (χ4v) is 1.53. The zero-order chi connectivity index (χ0) is 12.8. The Bertz CT molecular complexity index is 454. The van der Waals surface area contributed by atoms with E-state index in [2.05, 4.69) is 5.32 Å². The highest BCUT2D eigenvalue weighted by Gasteiger charge is 2.12. The van der Waals surface area contributed by atoms with Crippen LogP contribution in [0.25, 0.3) is 0 Å². The number of hydrogen-bond acceptors (Lipinski definition) is 3. The van der Waals surface area contributed by atoms with E-state index in [4.69, 9.17) is 22.6 Å². The van der Waals surface area contributed by atoms with E-state index >= 15 is 0 Å². The third-order valence-corrected chi connectivity index (χ3v) is 2.76. The van der Waals surface area contributed by atoms with Crippen molar-refractivity contribution in [2.24, 2.45) is 0 Å². The first-order valence-corrected chi connectivity index (χ1v) is 5.69. The lowest BCUT2D eigenvalue weighted by Gasteiger charge is -2.13. The maximum absolute atomic E-state index is 11.8. The first-order chi connectivity index (χ1) is 8.08. The molecule has 4 nitrogen and oxygen atoms in total. The molecule has 1 aromatic rings. The molecule has 5 heteroatoms. The van der Waals surface area contributed by atoms with Crippen LogP contribution in [-0.4, -0.2) is 11.9 Å². The number of nitrogens with two attached hydrogens (primary N) is 1. The van der Waals surface area contributed by atoms with Gasteiger partial charge in [-0.3, -0.25) is 4.79 Å². The van der Waals surface area contributed by atoms with Crippen molar-refractivity contribution >= 4 is 23.2 Å². The van der Waals surface area contributed by atoms with Crippen LogP contribution in [0.3, 0.4) is 0 Å². The second-order valence-corrected chi connectivity index (χ2v) is 4.08. The molecule has 0 heterocycles. The molecule has 0 fully saturated rings. The Balaban J connectivity index is 2.76. The first-order valence-electron chi connectivity index (χ1n) is 5.31. The highest BCUT2D eigenvalue weighted by atomic mass is 35.5.